The molecule has 2 heterocycles. The zero-order valence-electron chi connectivity index (χ0n) is 19.9. The fourth-order valence-electron chi connectivity index (χ4n) is 4.12. The van der Waals surface area contributed by atoms with Crippen LogP contribution in [-0.2, 0) is 11.3 Å². The Bertz CT molecular complexity index is 726. The van der Waals surface area contributed by atoms with E-state index in [0.717, 1.165) is 82.4 Å². The highest BCUT2D eigenvalue weighted by atomic mass is 127. The molecular weight excluding hydrogens is 517 g/mol. The molecule has 0 saturated carbocycles. The number of ether oxygens (including phenoxy) is 1. The van der Waals surface area contributed by atoms with Gasteiger partial charge in [-0.15, -0.1) is 24.0 Å². The Balaban J connectivity index is 0.00000363. The molecule has 0 radical (unpaired) electrons. The van der Waals surface area contributed by atoms with Crippen molar-refractivity contribution in [2.75, 3.05) is 52.5 Å². The molecule has 0 atom stereocenters. The molecule has 1 aromatic rings. The van der Waals surface area contributed by atoms with E-state index in [1.165, 1.54) is 6.42 Å². The third-order valence-electron chi connectivity index (χ3n) is 6.16. The van der Waals surface area contributed by atoms with Gasteiger partial charge in [-0.3, -0.25) is 9.69 Å². The SMILES string of the molecule is CCNC(=NCc1ccc(C(=O)N2CCCCC2)cc1)NCC(C)(C)N1CCOCC1.I. The quantitative estimate of drug-likeness (QED) is 0.307. The van der Waals surface area contributed by atoms with Gasteiger partial charge in [0.1, 0.15) is 0 Å². The number of amides is 1. The first-order chi connectivity index (χ1) is 15.0. The molecule has 0 unspecified atom stereocenters. The number of piperidine rings is 1. The van der Waals surface area contributed by atoms with Crippen molar-refractivity contribution < 1.29 is 9.53 Å². The molecule has 2 saturated heterocycles. The minimum atomic E-state index is 0. The number of aliphatic imine (C=N–C) groups is 1. The fourth-order valence-corrected chi connectivity index (χ4v) is 4.12. The maximum Gasteiger partial charge on any atom is 0.253 e. The number of carbonyl (C=O) groups excluding carboxylic acids is 1. The van der Waals surface area contributed by atoms with E-state index in [4.69, 9.17) is 9.73 Å². The number of hydrogen-bond acceptors (Lipinski definition) is 4. The van der Waals surface area contributed by atoms with Crippen LogP contribution < -0.4 is 10.6 Å². The van der Waals surface area contributed by atoms with E-state index in [-0.39, 0.29) is 35.4 Å². The number of nitrogens with zero attached hydrogens (tertiary/aromatic N) is 3. The van der Waals surface area contributed by atoms with Gasteiger partial charge in [0.05, 0.1) is 19.8 Å². The Hall–Kier alpha value is -1.39. The Morgan fingerprint density at radius 1 is 1.03 bits per heavy atom. The number of halogens is 1. The summed E-state index contributed by atoms with van der Waals surface area (Å²) in [4.78, 5) is 21.8. The summed E-state index contributed by atoms with van der Waals surface area (Å²) in [6, 6.07) is 7.90. The van der Waals surface area contributed by atoms with Crippen LogP contribution in [0, 0.1) is 0 Å². The second-order valence-corrected chi connectivity index (χ2v) is 9.01. The summed E-state index contributed by atoms with van der Waals surface area (Å²) in [5, 5.41) is 6.83. The van der Waals surface area contributed by atoms with E-state index in [2.05, 4.69) is 36.3 Å². The van der Waals surface area contributed by atoms with E-state index in [0.29, 0.717) is 6.54 Å². The number of likely N-dealkylation sites (tertiary alicyclic amines) is 1. The lowest BCUT2D eigenvalue weighted by molar-refractivity contribution is -0.00834. The number of benzene rings is 1. The summed E-state index contributed by atoms with van der Waals surface area (Å²) >= 11 is 0. The Kier molecular flexibility index (Phi) is 11.2. The van der Waals surface area contributed by atoms with Crippen molar-refractivity contribution in [3.8, 4) is 0 Å². The molecule has 0 spiro atoms. The summed E-state index contributed by atoms with van der Waals surface area (Å²) in [5.41, 5.74) is 1.89. The third kappa shape index (κ3) is 7.88. The standard InChI is InChI=1S/C24H39N5O2.HI/c1-4-25-23(27-19-24(2,3)29-14-16-31-17-15-29)26-18-20-8-10-21(11-9-20)22(30)28-12-6-5-7-13-28;/h8-11H,4-7,12-19H2,1-3H3,(H2,25,26,27);1H. The van der Waals surface area contributed by atoms with E-state index in [1.807, 2.05) is 29.2 Å². The molecule has 0 aliphatic carbocycles. The highest BCUT2D eigenvalue weighted by Gasteiger charge is 2.28. The van der Waals surface area contributed by atoms with Crippen LogP contribution in [0.2, 0.25) is 0 Å². The lowest BCUT2D eigenvalue weighted by atomic mass is 10.0. The average molecular weight is 558 g/mol. The number of guanidine groups is 1. The van der Waals surface area contributed by atoms with E-state index in [1.54, 1.807) is 0 Å². The lowest BCUT2D eigenvalue weighted by Crippen LogP contribution is -2.56. The molecule has 2 N–H and O–H groups in total. The molecule has 2 aliphatic heterocycles. The molecule has 8 heteroatoms. The van der Waals surface area contributed by atoms with E-state index < -0.39 is 0 Å². The summed E-state index contributed by atoms with van der Waals surface area (Å²) in [6.07, 6.45) is 3.45. The second-order valence-electron chi connectivity index (χ2n) is 9.01. The van der Waals surface area contributed by atoms with Crippen molar-refractivity contribution in [2.24, 2.45) is 4.99 Å². The van der Waals surface area contributed by atoms with Gasteiger partial charge in [0.2, 0.25) is 0 Å². The molecule has 2 aliphatic rings. The lowest BCUT2D eigenvalue weighted by Gasteiger charge is -2.41. The summed E-state index contributed by atoms with van der Waals surface area (Å²) in [5.74, 6) is 0.965. The van der Waals surface area contributed by atoms with Crippen LogP contribution in [0.1, 0.15) is 56.0 Å². The average Bonchev–Trinajstić information content (AvgIpc) is 2.82. The van der Waals surface area contributed by atoms with Crippen LogP contribution in [0.3, 0.4) is 0 Å². The van der Waals surface area contributed by atoms with Crippen molar-refractivity contribution in [1.29, 1.82) is 0 Å². The van der Waals surface area contributed by atoms with Gasteiger partial charge >= 0.3 is 0 Å². The predicted octanol–water partition coefficient (Wildman–Crippen LogP) is 3.10. The normalized spacial score (nSPS) is 18.1. The second kappa shape index (κ2) is 13.3. The minimum Gasteiger partial charge on any atom is -0.379 e. The van der Waals surface area contributed by atoms with Gasteiger partial charge in [-0.25, -0.2) is 4.99 Å². The van der Waals surface area contributed by atoms with Gasteiger partial charge in [-0.2, -0.15) is 0 Å². The predicted molar refractivity (Wildman–Crippen MR) is 141 cm³/mol. The zero-order chi connectivity index (χ0) is 22.1. The molecule has 7 nitrogen and oxygen atoms in total. The summed E-state index contributed by atoms with van der Waals surface area (Å²) < 4.78 is 5.48. The van der Waals surface area contributed by atoms with Crippen LogP contribution >= 0.6 is 24.0 Å². The number of hydrogen-bond donors (Lipinski definition) is 2. The highest BCUT2D eigenvalue weighted by Crippen LogP contribution is 2.16. The van der Waals surface area contributed by atoms with Gasteiger partial charge in [0.25, 0.3) is 5.91 Å². The molecule has 32 heavy (non-hydrogen) atoms. The molecule has 2 fully saturated rings. The smallest absolute Gasteiger partial charge is 0.253 e. The Labute approximate surface area is 210 Å². The van der Waals surface area contributed by atoms with Gasteiger partial charge < -0.3 is 20.3 Å². The molecule has 0 bridgehead atoms. The van der Waals surface area contributed by atoms with Crippen LogP contribution in [0.5, 0.6) is 0 Å². The van der Waals surface area contributed by atoms with Gasteiger partial charge in [-0.1, -0.05) is 12.1 Å². The molecular formula is C24H40IN5O2. The van der Waals surface area contributed by atoms with Crippen LogP contribution in [0.4, 0.5) is 0 Å². The van der Waals surface area contributed by atoms with Crippen LogP contribution in [0.15, 0.2) is 29.3 Å². The topological polar surface area (TPSA) is 69.2 Å². The maximum absolute atomic E-state index is 12.6. The molecule has 1 aromatic carbocycles. The maximum atomic E-state index is 12.6. The molecule has 0 aromatic heterocycles. The molecule has 1 amide bonds. The van der Waals surface area contributed by atoms with Gasteiger partial charge in [0, 0.05) is 50.4 Å². The highest BCUT2D eigenvalue weighted by molar-refractivity contribution is 14.0. The largest absolute Gasteiger partial charge is 0.379 e. The summed E-state index contributed by atoms with van der Waals surface area (Å²) in [6.45, 7) is 14.1. The van der Waals surface area contributed by atoms with E-state index in [9.17, 15) is 4.79 Å². The van der Waals surface area contributed by atoms with Crippen molar-refractivity contribution >= 4 is 35.8 Å². The van der Waals surface area contributed by atoms with Crippen molar-refractivity contribution in [3.05, 3.63) is 35.4 Å². The van der Waals surface area contributed by atoms with Crippen molar-refractivity contribution in [3.63, 3.8) is 0 Å². The van der Waals surface area contributed by atoms with Crippen molar-refractivity contribution in [1.82, 2.24) is 20.4 Å². The monoisotopic (exact) mass is 557 g/mol. The first-order valence-electron chi connectivity index (χ1n) is 11.7. The number of carbonyl (C=O) groups is 1. The minimum absolute atomic E-state index is 0. The van der Waals surface area contributed by atoms with Crippen LogP contribution in [-0.4, -0.2) is 79.7 Å². The van der Waals surface area contributed by atoms with Crippen molar-refractivity contribution in [2.45, 2.75) is 52.1 Å². The number of nitrogens with one attached hydrogen (secondary N) is 2. The third-order valence-corrected chi connectivity index (χ3v) is 6.16. The zero-order valence-corrected chi connectivity index (χ0v) is 22.2. The van der Waals surface area contributed by atoms with Crippen LogP contribution in [0.25, 0.3) is 0 Å². The number of morpholine rings is 1. The number of rotatable bonds is 7. The Morgan fingerprint density at radius 2 is 1.69 bits per heavy atom. The Morgan fingerprint density at radius 3 is 2.31 bits per heavy atom. The van der Waals surface area contributed by atoms with Gasteiger partial charge in [0.15, 0.2) is 5.96 Å². The molecule has 180 valence electrons. The van der Waals surface area contributed by atoms with E-state index >= 15 is 0 Å². The molecule has 3 rings (SSSR count). The first kappa shape index (κ1) is 26.9. The summed E-state index contributed by atoms with van der Waals surface area (Å²) in [7, 11) is 0. The van der Waals surface area contributed by atoms with Gasteiger partial charge in [-0.05, 0) is 57.7 Å². The first-order valence-corrected chi connectivity index (χ1v) is 11.7. The fraction of sp³-hybridized carbons (Fsp3) is 0.667.